The minimum absolute atomic E-state index is 0.0278. The zero-order valence-corrected chi connectivity index (χ0v) is 13.7. The molecule has 102 valence electrons. The van der Waals surface area contributed by atoms with E-state index >= 15 is 0 Å². The molecular weight excluding hydrogens is 384 g/mol. The summed E-state index contributed by atoms with van der Waals surface area (Å²) in [5.74, 6) is -0.0278. The molecule has 2 N–H and O–H groups in total. The smallest absolute Gasteiger partial charge is 0.247 e. The summed E-state index contributed by atoms with van der Waals surface area (Å²) in [6.07, 6.45) is 0.716. The minimum Gasteiger partial charge on any atom is -0.373 e. The highest BCUT2D eigenvalue weighted by molar-refractivity contribution is 9.11. The molecule has 3 nitrogen and oxygen atoms in total. The van der Waals surface area contributed by atoms with Crippen molar-refractivity contribution < 1.29 is 4.79 Å². The Morgan fingerprint density at radius 3 is 2.80 bits per heavy atom. The summed E-state index contributed by atoms with van der Waals surface area (Å²) in [6.45, 7) is 0. The number of para-hydroxylation sites is 1. The van der Waals surface area contributed by atoms with Gasteiger partial charge in [0, 0.05) is 21.1 Å². The van der Waals surface area contributed by atoms with E-state index in [2.05, 4.69) is 42.5 Å². The maximum Gasteiger partial charge on any atom is 0.247 e. The van der Waals surface area contributed by atoms with E-state index in [9.17, 15) is 4.79 Å². The average Bonchev–Trinajstić information content (AvgIpc) is 2.87. The zero-order valence-electron chi connectivity index (χ0n) is 10.5. The Bertz CT molecular complexity index is 648. The molecule has 1 aliphatic heterocycles. The number of carbonyl (C=O) groups is 1. The Morgan fingerprint density at radius 1 is 1.20 bits per heavy atom. The minimum atomic E-state index is -0.224. The van der Waals surface area contributed by atoms with Crippen molar-refractivity contribution in [3.05, 3.63) is 57.0 Å². The summed E-state index contributed by atoms with van der Waals surface area (Å²) in [7, 11) is 0. The van der Waals surface area contributed by atoms with Crippen LogP contribution in [0.15, 0.2) is 51.4 Å². The van der Waals surface area contributed by atoms with Gasteiger partial charge in [-0.2, -0.15) is 0 Å². The molecule has 20 heavy (non-hydrogen) atoms. The Labute approximate surface area is 134 Å². The summed E-state index contributed by atoms with van der Waals surface area (Å²) >= 11 is 6.85. The molecule has 0 saturated heterocycles. The van der Waals surface area contributed by atoms with Gasteiger partial charge in [0.25, 0.3) is 0 Å². The third-order valence-electron chi connectivity index (χ3n) is 3.27. The number of rotatable bonds is 2. The second kappa shape index (κ2) is 5.58. The number of hydrogen-bond donors (Lipinski definition) is 2. The van der Waals surface area contributed by atoms with Crippen LogP contribution >= 0.6 is 31.9 Å². The highest BCUT2D eigenvalue weighted by atomic mass is 79.9. The van der Waals surface area contributed by atoms with Gasteiger partial charge in [0.05, 0.1) is 5.69 Å². The van der Waals surface area contributed by atoms with Crippen molar-refractivity contribution >= 4 is 49.1 Å². The molecule has 0 radical (unpaired) electrons. The van der Waals surface area contributed by atoms with Crippen LogP contribution in [-0.4, -0.2) is 11.9 Å². The van der Waals surface area contributed by atoms with Crippen molar-refractivity contribution in [3.8, 4) is 0 Å². The molecule has 2 aromatic carbocycles. The molecule has 0 saturated carbocycles. The molecule has 5 heteroatoms. The van der Waals surface area contributed by atoms with Gasteiger partial charge >= 0.3 is 0 Å². The van der Waals surface area contributed by atoms with E-state index in [-0.39, 0.29) is 11.9 Å². The summed E-state index contributed by atoms with van der Waals surface area (Å²) in [4.78, 5) is 12.3. The lowest BCUT2D eigenvalue weighted by atomic mass is 10.1. The molecule has 0 unspecified atom stereocenters. The first-order valence-electron chi connectivity index (χ1n) is 6.24. The number of anilines is 2. The molecule has 0 aliphatic carbocycles. The van der Waals surface area contributed by atoms with Crippen LogP contribution in [0.25, 0.3) is 0 Å². The molecule has 1 heterocycles. The number of nitrogens with one attached hydrogen (secondary N) is 2. The molecule has 0 bridgehead atoms. The molecule has 1 amide bonds. The van der Waals surface area contributed by atoms with E-state index in [0.717, 1.165) is 20.3 Å². The van der Waals surface area contributed by atoms with Crippen molar-refractivity contribution in [2.24, 2.45) is 0 Å². The first-order valence-corrected chi connectivity index (χ1v) is 7.82. The lowest BCUT2D eigenvalue weighted by Crippen LogP contribution is -2.32. The summed E-state index contributed by atoms with van der Waals surface area (Å²) in [5.41, 5.74) is 2.99. The van der Waals surface area contributed by atoms with Crippen molar-refractivity contribution in [2.45, 2.75) is 12.5 Å². The highest BCUT2D eigenvalue weighted by Crippen LogP contribution is 2.29. The topological polar surface area (TPSA) is 41.1 Å². The maximum absolute atomic E-state index is 12.3. The third kappa shape index (κ3) is 2.74. The Kier molecular flexibility index (Phi) is 3.81. The fourth-order valence-electron chi connectivity index (χ4n) is 2.27. The molecule has 0 fully saturated rings. The number of carbonyl (C=O) groups excluding carboxylic acids is 1. The zero-order chi connectivity index (χ0) is 14.1. The third-order valence-corrected chi connectivity index (χ3v) is 4.46. The van der Waals surface area contributed by atoms with Crippen LogP contribution < -0.4 is 10.6 Å². The van der Waals surface area contributed by atoms with Gasteiger partial charge in [0.2, 0.25) is 5.91 Å². The van der Waals surface area contributed by atoms with Gasteiger partial charge in [-0.25, -0.2) is 0 Å². The van der Waals surface area contributed by atoms with Gasteiger partial charge in [-0.15, -0.1) is 0 Å². The quantitative estimate of drug-likeness (QED) is 0.800. The summed E-state index contributed by atoms with van der Waals surface area (Å²) < 4.78 is 1.79. The Hall–Kier alpha value is -1.33. The van der Waals surface area contributed by atoms with E-state index in [1.807, 2.05) is 42.5 Å². The van der Waals surface area contributed by atoms with Crippen molar-refractivity contribution in [2.75, 3.05) is 10.6 Å². The molecule has 2 aromatic rings. The predicted molar refractivity (Wildman–Crippen MR) is 88.0 cm³/mol. The van der Waals surface area contributed by atoms with E-state index in [1.165, 1.54) is 5.56 Å². The number of hydrogen-bond acceptors (Lipinski definition) is 2. The van der Waals surface area contributed by atoms with Gasteiger partial charge in [0.1, 0.15) is 6.04 Å². The van der Waals surface area contributed by atoms with Crippen LogP contribution in [0, 0.1) is 0 Å². The lowest BCUT2D eigenvalue weighted by Gasteiger charge is -2.13. The van der Waals surface area contributed by atoms with Gasteiger partial charge < -0.3 is 10.6 Å². The number of fused-ring (bicyclic) bond motifs is 1. The fraction of sp³-hybridized carbons (Fsp3) is 0.133. The maximum atomic E-state index is 12.3. The fourth-order valence-corrected chi connectivity index (χ4v) is 2.98. The van der Waals surface area contributed by atoms with Gasteiger partial charge in [-0.3, -0.25) is 4.79 Å². The number of halogens is 2. The average molecular weight is 396 g/mol. The number of amides is 1. The van der Waals surface area contributed by atoms with E-state index < -0.39 is 0 Å². The van der Waals surface area contributed by atoms with Gasteiger partial charge in [-0.1, -0.05) is 34.1 Å². The van der Waals surface area contributed by atoms with Crippen LogP contribution in [0.1, 0.15) is 5.56 Å². The summed E-state index contributed by atoms with van der Waals surface area (Å²) in [6, 6.07) is 13.5. The van der Waals surface area contributed by atoms with Crippen molar-refractivity contribution in [1.82, 2.24) is 0 Å². The predicted octanol–water partition coefficient (Wildman–Crippen LogP) is 4.19. The Balaban J connectivity index is 1.74. The van der Waals surface area contributed by atoms with Crippen molar-refractivity contribution in [3.63, 3.8) is 0 Å². The monoisotopic (exact) mass is 394 g/mol. The first-order chi connectivity index (χ1) is 9.63. The standard InChI is InChI=1S/C15H12Br2N2O/c16-10-5-6-11(17)13(8-10)19-15(20)14-7-9-3-1-2-4-12(9)18-14/h1-6,8,14,18H,7H2,(H,19,20)/t14-/m0/s1. The number of benzene rings is 2. The summed E-state index contributed by atoms with van der Waals surface area (Å²) in [5, 5.41) is 6.20. The van der Waals surface area contributed by atoms with Crippen LogP contribution in [0.3, 0.4) is 0 Å². The van der Waals surface area contributed by atoms with Gasteiger partial charge in [0.15, 0.2) is 0 Å². The normalized spacial score (nSPS) is 16.4. The van der Waals surface area contributed by atoms with Gasteiger partial charge in [-0.05, 0) is 45.8 Å². The second-order valence-electron chi connectivity index (χ2n) is 4.67. The molecule has 1 aliphatic rings. The Morgan fingerprint density at radius 2 is 2.00 bits per heavy atom. The molecule has 0 aromatic heterocycles. The van der Waals surface area contributed by atoms with Crippen LogP contribution in [0.2, 0.25) is 0 Å². The van der Waals surface area contributed by atoms with Crippen LogP contribution in [-0.2, 0) is 11.2 Å². The molecule has 0 spiro atoms. The SMILES string of the molecule is O=C(Nc1cc(Br)ccc1Br)[C@@H]1Cc2ccccc2N1. The largest absolute Gasteiger partial charge is 0.373 e. The van der Waals surface area contributed by atoms with E-state index in [4.69, 9.17) is 0 Å². The molecule has 1 atom stereocenters. The van der Waals surface area contributed by atoms with Crippen LogP contribution in [0.5, 0.6) is 0 Å². The van der Waals surface area contributed by atoms with Crippen LogP contribution in [0.4, 0.5) is 11.4 Å². The second-order valence-corrected chi connectivity index (χ2v) is 6.44. The molecule has 3 rings (SSSR count). The van der Waals surface area contributed by atoms with Crippen molar-refractivity contribution in [1.29, 1.82) is 0 Å². The van der Waals surface area contributed by atoms with E-state index in [1.54, 1.807) is 0 Å². The molecular formula is C15H12Br2N2O. The van der Waals surface area contributed by atoms with E-state index in [0.29, 0.717) is 6.42 Å². The lowest BCUT2D eigenvalue weighted by molar-refractivity contribution is -0.116. The first kappa shape index (κ1) is 13.6. The highest BCUT2D eigenvalue weighted by Gasteiger charge is 2.26.